The van der Waals surface area contributed by atoms with Crippen LogP contribution >= 0.6 is 0 Å². The normalized spacial score (nSPS) is 11.1. The van der Waals surface area contributed by atoms with Gasteiger partial charge in [-0.15, -0.1) is 0 Å². The minimum Gasteiger partial charge on any atom is -0.497 e. The van der Waals surface area contributed by atoms with Crippen molar-refractivity contribution in [2.24, 2.45) is 5.41 Å². The third kappa shape index (κ3) is 3.77. The Balaban J connectivity index is 2.70. The first-order valence-corrected chi connectivity index (χ1v) is 5.73. The Labute approximate surface area is 103 Å². The first-order chi connectivity index (χ1) is 7.84. The highest BCUT2D eigenvalue weighted by Gasteiger charge is 2.22. The van der Waals surface area contributed by atoms with Crippen LogP contribution in [-0.4, -0.2) is 26.5 Å². The predicted octanol–water partition coefficient (Wildman–Crippen LogP) is 2.75. The molecule has 0 bridgehead atoms. The Morgan fingerprint density at radius 2 is 1.76 bits per heavy atom. The molecule has 1 aromatic carbocycles. The van der Waals surface area contributed by atoms with Crippen LogP contribution in [0.1, 0.15) is 20.8 Å². The number of ether oxygens (including phenoxy) is 1. The number of benzene rings is 1. The second-order valence-electron chi connectivity index (χ2n) is 5.23. The number of hydrogen-bond donors (Lipinski definition) is 0. The number of methoxy groups -OCH3 is 1. The fourth-order valence-corrected chi connectivity index (χ4v) is 1.38. The highest BCUT2D eigenvalue weighted by Crippen LogP contribution is 2.20. The average Bonchev–Trinajstić information content (AvgIpc) is 2.27. The second kappa shape index (κ2) is 5.21. The number of carbonyl (C=O) groups is 1. The minimum absolute atomic E-state index is 0.232. The molecule has 0 N–H and O–H groups in total. The maximum absolute atomic E-state index is 11.9. The number of Topliss-reactive ketones (excluding diaryl/α,β-unsaturated/α-hetero) is 1. The topological polar surface area (TPSA) is 29.5 Å². The molecule has 94 valence electrons. The number of anilines is 1. The second-order valence-corrected chi connectivity index (χ2v) is 5.23. The third-order valence-electron chi connectivity index (χ3n) is 2.73. The molecule has 0 saturated heterocycles. The van der Waals surface area contributed by atoms with Crippen LogP contribution in [0.15, 0.2) is 24.3 Å². The quantitative estimate of drug-likeness (QED) is 0.803. The zero-order valence-corrected chi connectivity index (χ0v) is 11.3. The highest BCUT2D eigenvalue weighted by atomic mass is 16.5. The fourth-order valence-electron chi connectivity index (χ4n) is 1.38. The van der Waals surface area contributed by atoms with Crippen molar-refractivity contribution in [2.45, 2.75) is 20.8 Å². The number of rotatable bonds is 4. The first kappa shape index (κ1) is 13.6. The van der Waals surface area contributed by atoms with Gasteiger partial charge in [0.1, 0.15) is 5.75 Å². The van der Waals surface area contributed by atoms with Gasteiger partial charge in [-0.25, -0.2) is 0 Å². The number of nitrogens with zero attached hydrogens (tertiary/aromatic N) is 1. The summed E-state index contributed by atoms with van der Waals surface area (Å²) in [6.45, 7) is 6.25. The summed E-state index contributed by atoms with van der Waals surface area (Å²) in [6, 6.07) is 7.70. The molecule has 0 aliphatic carbocycles. The lowest BCUT2D eigenvalue weighted by atomic mass is 9.90. The molecular weight excluding hydrogens is 214 g/mol. The Bertz CT molecular complexity index is 376. The van der Waals surface area contributed by atoms with Gasteiger partial charge in [-0.3, -0.25) is 4.79 Å². The summed E-state index contributed by atoms with van der Waals surface area (Å²) < 4.78 is 5.10. The Hall–Kier alpha value is -1.51. The molecule has 0 spiro atoms. The van der Waals surface area contributed by atoms with Gasteiger partial charge in [0.25, 0.3) is 0 Å². The van der Waals surface area contributed by atoms with Gasteiger partial charge in [0.15, 0.2) is 5.78 Å². The first-order valence-electron chi connectivity index (χ1n) is 5.73. The zero-order chi connectivity index (χ0) is 13.1. The Morgan fingerprint density at radius 1 is 1.24 bits per heavy atom. The molecule has 0 radical (unpaired) electrons. The standard InChI is InChI=1S/C14H21NO2/c1-14(2,3)13(16)10-15(4)11-6-8-12(17-5)9-7-11/h6-9H,10H2,1-5H3. The van der Waals surface area contributed by atoms with Gasteiger partial charge in [0.05, 0.1) is 13.7 Å². The van der Waals surface area contributed by atoms with E-state index in [1.807, 2.05) is 57.0 Å². The largest absolute Gasteiger partial charge is 0.497 e. The van der Waals surface area contributed by atoms with Crippen LogP contribution in [0.5, 0.6) is 5.75 Å². The van der Waals surface area contributed by atoms with Gasteiger partial charge >= 0.3 is 0 Å². The lowest BCUT2D eigenvalue weighted by Crippen LogP contribution is -2.33. The van der Waals surface area contributed by atoms with E-state index in [0.29, 0.717) is 6.54 Å². The summed E-state index contributed by atoms with van der Waals surface area (Å²) in [5.41, 5.74) is 0.726. The summed E-state index contributed by atoms with van der Waals surface area (Å²) in [6.07, 6.45) is 0. The van der Waals surface area contributed by atoms with Crippen molar-refractivity contribution in [1.82, 2.24) is 0 Å². The summed E-state index contributed by atoms with van der Waals surface area (Å²) in [5.74, 6) is 1.06. The molecule has 0 fully saturated rings. The van der Waals surface area contributed by atoms with Crippen LogP contribution in [0.2, 0.25) is 0 Å². The van der Waals surface area contributed by atoms with E-state index in [1.54, 1.807) is 7.11 Å². The number of ketones is 1. The van der Waals surface area contributed by atoms with Crippen molar-refractivity contribution in [1.29, 1.82) is 0 Å². The van der Waals surface area contributed by atoms with E-state index in [9.17, 15) is 4.79 Å². The van der Waals surface area contributed by atoms with E-state index in [2.05, 4.69) is 0 Å². The molecular formula is C14H21NO2. The van der Waals surface area contributed by atoms with E-state index in [4.69, 9.17) is 4.74 Å². The minimum atomic E-state index is -0.291. The molecule has 0 saturated carbocycles. The lowest BCUT2D eigenvalue weighted by Gasteiger charge is -2.24. The molecule has 0 unspecified atom stereocenters. The maximum atomic E-state index is 11.9. The van der Waals surface area contributed by atoms with Gasteiger partial charge < -0.3 is 9.64 Å². The Morgan fingerprint density at radius 3 is 2.18 bits per heavy atom. The summed E-state index contributed by atoms with van der Waals surface area (Å²) >= 11 is 0. The van der Waals surface area contributed by atoms with E-state index < -0.39 is 0 Å². The van der Waals surface area contributed by atoms with Crippen molar-refractivity contribution < 1.29 is 9.53 Å². The molecule has 3 nitrogen and oxygen atoms in total. The van der Waals surface area contributed by atoms with E-state index in [0.717, 1.165) is 11.4 Å². The average molecular weight is 235 g/mol. The van der Waals surface area contributed by atoms with Gasteiger partial charge in [0.2, 0.25) is 0 Å². The van der Waals surface area contributed by atoms with Gasteiger partial charge in [0, 0.05) is 18.2 Å². The summed E-state index contributed by atoms with van der Waals surface area (Å²) in [5, 5.41) is 0. The fraction of sp³-hybridized carbons (Fsp3) is 0.500. The molecule has 0 atom stereocenters. The molecule has 17 heavy (non-hydrogen) atoms. The van der Waals surface area contributed by atoms with Crippen LogP contribution in [0, 0.1) is 5.41 Å². The lowest BCUT2D eigenvalue weighted by molar-refractivity contribution is -0.124. The smallest absolute Gasteiger partial charge is 0.157 e. The number of hydrogen-bond acceptors (Lipinski definition) is 3. The zero-order valence-electron chi connectivity index (χ0n) is 11.3. The van der Waals surface area contributed by atoms with Crippen molar-refractivity contribution in [3.8, 4) is 5.75 Å². The van der Waals surface area contributed by atoms with Crippen LogP contribution in [0.25, 0.3) is 0 Å². The van der Waals surface area contributed by atoms with Gasteiger partial charge in [-0.05, 0) is 24.3 Å². The number of carbonyl (C=O) groups excluding carboxylic acids is 1. The maximum Gasteiger partial charge on any atom is 0.157 e. The van der Waals surface area contributed by atoms with Crippen LogP contribution in [0.3, 0.4) is 0 Å². The molecule has 0 aliphatic heterocycles. The molecule has 0 aromatic heterocycles. The van der Waals surface area contributed by atoms with Crippen molar-refractivity contribution in [3.05, 3.63) is 24.3 Å². The number of likely N-dealkylation sites (N-methyl/N-ethyl adjacent to an activating group) is 1. The van der Waals surface area contributed by atoms with Crippen molar-refractivity contribution >= 4 is 11.5 Å². The summed E-state index contributed by atoms with van der Waals surface area (Å²) in [7, 11) is 3.56. The van der Waals surface area contributed by atoms with E-state index in [-0.39, 0.29) is 11.2 Å². The van der Waals surface area contributed by atoms with Gasteiger partial charge in [-0.1, -0.05) is 20.8 Å². The van der Waals surface area contributed by atoms with Crippen LogP contribution in [-0.2, 0) is 4.79 Å². The monoisotopic (exact) mass is 235 g/mol. The van der Waals surface area contributed by atoms with E-state index in [1.165, 1.54) is 0 Å². The molecule has 1 aromatic rings. The van der Waals surface area contributed by atoms with Crippen LogP contribution < -0.4 is 9.64 Å². The van der Waals surface area contributed by atoms with Crippen LogP contribution in [0.4, 0.5) is 5.69 Å². The SMILES string of the molecule is COc1ccc(N(C)CC(=O)C(C)(C)C)cc1. The van der Waals surface area contributed by atoms with E-state index >= 15 is 0 Å². The van der Waals surface area contributed by atoms with Gasteiger partial charge in [-0.2, -0.15) is 0 Å². The summed E-state index contributed by atoms with van der Waals surface area (Å²) in [4.78, 5) is 13.9. The molecule has 3 heteroatoms. The Kier molecular flexibility index (Phi) is 4.16. The molecule has 1 rings (SSSR count). The van der Waals surface area contributed by atoms with Crippen molar-refractivity contribution in [3.63, 3.8) is 0 Å². The third-order valence-corrected chi connectivity index (χ3v) is 2.73. The molecule has 0 amide bonds. The highest BCUT2D eigenvalue weighted by molar-refractivity contribution is 5.87. The molecule has 0 aliphatic rings. The van der Waals surface area contributed by atoms with Crippen molar-refractivity contribution in [2.75, 3.05) is 25.6 Å². The predicted molar refractivity (Wildman–Crippen MR) is 70.7 cm³/mol. The molecule has 0 heterocycles.